The first kappa shape index (κ1) is 20.8. The largest absolute Gasteiger partial charge is 0.493 e. The summed E-state index contributed by atoms with van der Waals surface area (Å²) in [7, 11) is 0. The normalized spacial score (nSPS) is 19.6. The monoisotopic (exact) mass is 403 g/mol. The highest BCUT2D eigenvalue weighted by molar-refractivity contribution is 7.10. The Hall–Kier alpha value is -1.89. The predicted octanol–water partition coefficient (Wildman–Crippen LogP) is 3.83. The van der Waals surface area contributed by atoms with Crippen LogP contribution in [0.2, 0.25) is 0 Å². The molecule has 0 aliphatic heterocycles. The molecule has 0 saturated heterocycles. The quantitative estimate of drug-likeness (QED) is 0.527. The van der Waals surface area contributed by atoms with Gasteiger partial charge in [-0.3, -0.25) is 4.79 Å². The van der Waals surface area contributed by atoms with Gasteiger partial charge in [-0.15, -0.1) is 11.3 Å². The second-order valence-electron chi connectivity index (χ2n) is 7.43. The van der Waals surface area contributed by atoms with E-state index in [9.17, 15) is 15.0 Å². The summed E-state index contributed by atoms with van der Waals surface area (Å²) in [4.78, 5) is 13.8. The minimum Gasteiger partial charge on any atom is -0.493 e. The first-order valence-electron chi connectivity index (χ1n) is 9.96. The average Bonchev–Trinajstić information content (AvgIpc) is 3.32. The Kier molecular flexibility index (Phi) is 7.10. The summed E-state index contributed by atoms with van der Waals surface area (Å²) in [5.74, 6) is 1.29. The first-order valence-corrected chi connectivity index (χ1v) is 10.8. The molecule has 1 amide bonds. The van der Waals surface area contributed by atoms with Crippen molar-refractivity contribution >= 4 is 17.2 Å². The van der Waals surface area contributed by atoms with Crippen molar-refractivity contribution in [3.63, 3.8) is 0 Å². The molecule has 28 heavy (non-hydrogen) atoms. The molecular formula is C22H29NO4S. The van der Waals surface area contributed by atoms with E-state index in [0.717, 1.165) is 25.0 Å². The molecule has 152 valence electrons. The van der Waals surface area contributed by atoms with E-state index in [1.807, 2.05) is 29.6 Å². The molecule has 3 rings (SSSR count). The predicted molar refractivity (Wildman–Crippen MR) is 110 cm³/mol. The van der Waals surface area contributed by atoms with Gasteiger partial charge in [0.05, 0.1) is 6.61 Å². The number of carbonyl (C=O) groups is 1. The molecular weight excluding hydrogens is 374 g/mol. The van der Waals surface area contributed by atoms with Crippen LogP contribution in [0.4, 0.5) is 0 Å². The molecule has 1 aromatic heterocycles. The van der Waals surface area contributed by atoms with Gasteiger partial charge in [-0.1, -0.05) is 44.9 Å². The van der Waals surface area contributed by atoms with Gasteiger partial charge in [0.2, 0.25) is 5.91 Å². The average molecular weight is 404 g/mol. The number of hydrogen-bond donors (Lipinski definition) is 3. The van der Waals surface area contributed by atoms with Crippen molar-refractivity contribution < 1.29 is 19.7 Å². The van der Waals surface area contributed by atoms with E-state index in [4.69, 9.17) is 4.74 Å². The lowest BCUT2D eigenvalue weighted by atomic mass is 10.0. The number of amides is 1. The number of hydrogen-bond acceptors (Lipinski definition) is 5. The lowest BCUT2D eigenvalue weighted by molar-refractivity contribution is -0.128. The highest BCUT2D eigenvalue weighted by Crippen LogP contribution is 2.49. The van der Waals surface area contributed by atoms with Crippen molar-refractivity contribution in [3.8, 4) is 5.75 Å². The van der Waals surface area contributed by atoms with Crippen LogP contribution in [0.3, 0.4) is 0 Å². The van der Waals surface area contributed by atoms with Gasteiger partial charge >= 0.3 is 0 Å². The number of aliphatic hydroxyl groups is 2. The van der Waals surface area contributed by atoms with Crippen molar-refractivity contribution in [2.45, 2.75) is 51.4 Å². The van der Waals surface area contributed by atoms with E-state index in [1.54, 1.807) is 23.5 Å². The molecule has 1 fully saturated rings. The summed E-state index contributed by atoms with van der Waals surface area (Å²) < 4.78 is 5.82. The molecule has 5 nitrogen and oxygen atoms in total. The third-order valence-corrected chi connectivity index (χ3v) is 6.52. The molecule has 1 heterocycles. The van der Waals surface area contributed by atoms with Gasteiger partial charge in [-0.05, 0) is 41.5 Å². The Labute approximate surface area is 170 Å². The number of nitrogens with one attached hydrogen (secondary N) is 1. The third kappa shape index (κ3) is 5.13. The lowest BCUT2D eigenvalue weighted by Crippen LogP contribution is -2.37. The topological polar surface area (TPSA) is 78.8 Å². The maximum atomic E-state index is 12.6. The number of rotatable bonds is 10. The molecule has 0 bridgehead atoms. The van der Waals surface area contributed by atoms with E-state index < -0.39 is 12.3 Å². The third-order valence-electron chi connectivity index (χ3n) is 5.51. The molecule has 0 radical (unpaired) electrons. The summed E-state index contributed by atoms with van der Waals surface area (Å²) in [6.07, 6.45) is 1.29. The molecule has 6 heteroatoms. The van der Waals surface area contributed by atoms with Crippen LogP contribution < -0.4 is 10.1 Å². The minimum absolute atomic E-state index is 0.0949. The fourth-order valence-electron chi connectivity index (χ4n) is 3.40. The Morgan fingerprint density at radius 1 is 1.21 bits per heavy atom. The van der Waals surface area contributed by atoms with E-state index in [1.165, 1.54) is 4.88 Å². The summed E-state index contributed by atoms with van der Waals surface area (Å²) in [6.45, 7) is 4.97. The van der Waals surface area contributed by atoms with Crippen molar-refractivity contribution in [3.05, 3.63) is 52.2 Å². The zero-order valence-electron chi connectivity index (χ0n) is 16.4. The first-order chi connectivity index (χ1) is 13.5. The summed E-state index contributed by atoms with van der Waals surface area (Å²) in [5, 5.41) is 24.4. The molecule has 2 aromatic rings. The zero-order chi connectivity index (χ0) is 20.1. The molecule has 3 N–H and O–H groups in total. The van der Waals surface area contributed by atoms with Crippen LogP contribution in [0.15, 0.2) is 41.8 Å². The standard InChI is InChI=1S/C22H29NO4S/c1-3-14(4-2)13-27-16-9-7-15(8-10-16)20(22(25)26)23-21(24)18-12-17(18)19-6-5-11-28-19/h5-11,14,17-18,20,22,25-26H,3-4,12-13H2,1-2H3,(H,23,24)/t17-,18-,20+/m0/s1. The van der Waals surface area contributed by atoms with E-state index in [0.29, 0.717) is 18.1 Å². The van der Waals surface area contributed by atoms with Crippen LogP contribution in [0.25, 0.3) is 0 Å². The molecule has 1 aromatic carbocycles. The Bertz CT molecular complexity index is 740. The van der Waals surface area contributed by atoms with Gasteiger partial charge in [0.15, 0.2) is 6.29 Å². The highest BCUT2D eigenvalue weighted by Gasteiger charge is 2.45. The van der Waals surface area contributed by atoms with Crippen molar-refractivity contribution in [1.29, 1.82) is 0 Å². The van der Waals surface area contributed by atoms with Crippen molar-refractivity contribution in [2.24, 2.45) is 11.8 Å². The van der Waals surface area contributed by atoms with Crippen LogP contribution in [0, 0.1) is 11.8 Å². The van der Waals surface area contributed by atoms with Crippen LogP contribution in [-0.2, 0) is 4.79 Å². The molecule has 0 spiro atoms. The Morgan fingerprint density at radius 2 is 1.93 bits per heavy atom. The zero-order valence-corrected chi connectivity index (χ0v) is 17.2. The number of carbonyl (C=O) groups excluding carboxylic acids is 1. The van der Waals surface area contributed by atoms with Crippen LogP contribution in [-0.4, -0.2) is 29.0 Å². The van der Waals surface area contributed by atoms with E-state index >= 15 is 0 Å². The van der Waals surface area contributed by atoms with Gasteiger partial charge in [0.1, 0.15) is 11.8 Å². The fourth-order valence-corrected chi connectivity index (χ4v) is 4.31. The van der Waals surface area contributed by atoms with E-state index in [2.05, 4.69) is 19.2 Å². The second-order valence-corrected chi connectivity index (χ2v) is 8.41. The van der Waals surface area contributed by atoms with Gasteiger partial charge in [0.25, 0.3) is 0 Å². The maximum absolute atomic E-state index is 12.6. The Balaban J connectivity index is 1.58. The SMILES string of the molecule is CCC(CC)COc1ccc([C@@H](NC(=O)[C@H]2C[C@@H]2c2cccs2)C(O)O)cc1. The number of ether oxygens (including phenoxy) is 1. The van der Waals surface area contributed by atoms with Crippen LogP contribution in [0.5, 0.6) is 5.75 Å². The number of aliphatic hydroxyl groups excluding tert-OH is 1. The van der Waals surface area contributed by atoms with Gasteiger partial charge in [-0.2, -0.15) is 0 Å². The maximum Gasteiger partial charge on any atom is 0.224 e. The molecule has 1 aliphatic rings. The fraction of sp³-hybridized carbons (Fsp3) is 0.500. The molecule has 1 saturated carbocycles. The van der Waals surface area contributed by atoms with Gasteiger partial charge < -0.3 is 20.3 Å². The summed E-state index contributed by atoms with van der Waals surface area (Å²) in [5.41, 5.74) is 0.645. The van der Waals surface area contributed by atoms with Crippen molar-refractivity contribution in [2.75, 3.05) is 6.61 Å². The second kappa shape index (κ2) is 9.54. The molecule has 1 aliphatic carbocycles. The molecule has 3 atom stereocenters. The van der Waals surface area contributed by atoms with E-state index in [-0.39, 0.29) is 17.7 Å². The number of benzene rings is 1. The van der Waals surface area contributed by atoms with Gasteiger partial charge in [0, 0.05) is 16.7 Å². The smallest absolute Gasteiger partial charge is 0.224 e. The van der Waals surface area contributed by atoms with Crippen LogP contribution in [0.1, 0.15) is 55.5 Å². The van der Waals surface area contributed by atoms with Crippen molar-refractivity contribution in [1.82, 2.24) is 5.32 Å². The minimum atomic E-state index is -1.67. The molecule has 0 unspecified atom stereocenters. The highest BCUT2D eigenvalue weighted by atomic mass is 32.1. The summed E-state index contributed by atoms with van der Waals surface area (Å²) >= 11 is 1.65. The summed E-state index contributed by atoms with van der Waals surface area (Å²) in [6, 6.07) is 10.3. The van der Waals surface area contributed by atoms with Gasteiger partial charge in [-0.25, -0.2) is 0 Å². The van der Waals surface area contributed by atoms with Crippen LogP contribution >= 0.6 is 11.3 Å². The number of thiophene rings is 1. The lowest BCUT2D eigenvalue weighted by Gasteiger charge is -2.21. The Morgan fingerprint density at radius 3 is 2.50 bits per heavy atom.